The van der Waals surface area contributed by atoms with Crippen LogP contribution in [-0.2, 0) is 32.0 Å². The largest absolute Gasteiger partial charge is 1.00 e. The molecule has 1 amide bonds. The minimum absolute atomic E-state index is 0. The molecule has 2 aliphatic heterocycles. The molecule has 0 bridgehead atoms. The number of ether oxygens (including phenoxy) is 3. The Morgan fingerprint density at radius 3 is 2.23 bits per heavy atom. The molecular formula is C27H30NNaO6. The Labute approximate surface area is 228 Å². The molecule has 4 rings (SSSR count). The van der Waals surface area contributed by atoms with Crippen LogP contribution in [0.1, 0.15) is 44.2 Å². The van der Waals surface area contributed by atoms with Crippen molar-refractivity contribution in [3.05, 3.63) is 83.3 Å². The molecule has 0 N–H and O–H groups in total. The van der Waals surface area contributed by atoms with E-state index in [0.29, 0.717) is 38.8 Å². The maximum atomic E-state index is 13.0. The Kier molecular flexibility index (Phi) is 8.91. The van der Waals surface area contributed by atoms with E-state index in [1.54, 1.807) is 18.7 Å². The van der Waals surface area contributed by atoms with Crippen LogP contribution in [0.5, 0.6) is 0 Å². The first-order valence-electron chi connectivity index (χ1n) is 11.6. The fraction of sp³-hybridized carbons (Fsp3) is 0.407. The molecule has 1 atom stereocenters. The van der Waals surface area contributed by atoms with Gasteiger partial charge in [-0.1, -0.05) is 60.7 Å². The summed E-state index contributed by atoms with van der Waals surface area (Å²) in [6.07, 6.45) is 1.65. The number of esters is 1. The van der Waals surface area contributed by atoms with Gasteiger partial charge in [0.1, 0.15) is 6.61 Å². The van der Waals surface area contributed by atoms with Crippen molar-refractivity contribution in [2.45, 2.75) is 51.9 Å². The second kappa shape index (κ2) is 11.5. The molecule has 1 fully saturated rings. The Bertz CT molecular complexity index is 1060. The molecule has 180 valence electrons. The first-order chi connectivity index (χ1) is 16.3. The predicted molar refractivity (Wildman–Crippen MR) is 123 cm³/mol. The molecule has 8 heteroatoms. The summed E-state index contributed by atoms with van der Waals surface area (Å²) in [5, 5.41) is 13.0. The summed E-state index contributed by atoms with van der Waals surface area (Å²) in [6.45, 7) is 4.11. The third-order valence-corrected chi connectivity index (χ3v) is 6.41. The summed E-state index contributed by atoms with van der Waals surface area (Å²) in [4.78, 5) is 27.5. The average molecular weight is 488 g/mol. The van der Waals surface area contributed by atoms with Crippen molar-refractivity contribution in [2.75, 3.05) is 13.1 Å². The number of hydrogen-bond acceptors (Lipinski definition) is 6. The number of amides is 1. The van der Waals surface area contributed by atoms with Crippen LogP contribution in [0, 0.1) is 5.41 Å². The van der Waals surface area contributed by atoms with Gasteiger partial charge in [0, 0.05) is 18.5 Å². The summed E-state index contributed by atoms with van der Waals surface area (Å²) < 4.78 is 16.4. The number of hydrogen-bond donors (Lipinski definition) is 0. The summed E-state index contributed by atoms with van der Waals surface area (Å²) >= 11 is 0. The molecule has 0 radical (unpaired) electrons. The zero-order chi connectivity index (χ0) is 24.2. The zero-order valence-corrected chi connectivity index (χ0v) is 22.6. The van der Waals surface area contributed by atoms with Crippen molar-refractivity contribution in [3.63, 3.8) is 0 Å². The first kappa shape index (κ1) is 27.1. The van der Waals surface area contributed by atoms with E-state index in [-0.39, 0.29) is 41.7 Å². The minimum atomic E-state index is -1.30. The summed E-state index contributed by atoms with van der Waals surface area (Å²) in [7, 11) is 0. The Morgan fingerprint density at radius 2 is 1.60 bits per heavy atom. The van der Waals surface area contributed by atoms with E-state index in [1.807, 2.05) is 60.7 Å². The van der Waals surface area contributed by atoms with Crippen LogP contribution in [0.3, 0.4) is 0 Å². The van der Waals surface area contributed by atoms with Crippen molar-refractivity contribution in [3.8, 4) is 0 Å². The molecule has 0 aliphatic carbocycles. The topological polar surface area (TPSA) is 88.1 Å². The molecule has 1 saturated heterocycles. The van der Waals surface area contributed by atoms with E-state index in [0.717, 1.165) is 11.1 Å². The van der Waals surface area contributed by atoms with Crippen molar-refractivity contribution in [2.24, 2.45) is 5.41 Å². The van der Waals surface area contributed by atoms with Crippen LogP contribution in [0.25, 0.3) is 0 Å². The number of carbonyl (C=O) groups excluding carboxylic acids is 2. The van der Waals surface area contributed by atoms with Crippen LogP contribution in [0.15, 0.2) is 72.2 Å². The maximum absolute atomic E-state index is 13.0. The van der Waals surface area contributed by atoms with Crippen molar-refractivity contribution in [1.82, 2.24) is 4.90 Å². The van der Waals surface area contributed by atoms with E-state index in [4.69, 9.17) is 14.2 Å². The monoisotopic (exact) mass is 487 g/mol. The van der Waals surface area contributed by atoms with Gasteiger partial charge in [-0.25, -0.2) is 9.59 Å². The van der Waals surface area contributed by atoms with Gasteiger partial charge in [0.2, 0.25) is 0 Å². The van der Waals surface area contributed by atoms with Gasteiger partial charge in [-0.15, -0.1) is 0 Å². The smallest absolute Gasteiger partial charge is 0.575 e. The van der Waals surface area contributed by atoms with Gasteiger partial charge in [0.25, 0.3) is 0 Å². The summed E-state index contributed by atoms with van der Waals surface area (Å²) in [5.74, 6) is -2.58. The van der Waals surface area contributed by atoms with Gasteiger partial charge in [0.15, 0.2) is 5.79 Å². The number of benzene rings is 2. The molecule has 1 unspecified atom stereocenters. The van der Waals surface area contributed by atoms with Gasteiger partial charge in [-0.05, 0) is 50.7 Å². The fourth-order valence-electron chi connectivity index (χ4n) is 4.77. The molecule has 2 aromatic rings. The Hall–Kier alpha value is -2.48. The van der Waals surface area contributed by atoms with Gasteiger partial charge < -0.3 is 24.2 Å². The quantitative estimate of drug-likeness (QED) is 0.461. The van der Waals surface area contributed by atoms with E-state index in [2.05, 4.69) is 0 Å². The predicted octanol–water partition coefficient (Wildman–Crippen LogP) is 0.924. The van der Waals surface area contributed by atoms with Crippen LogP contribution >= 0.6 is 0 Å². The minimum Gasteiger partial charge on any atom is -0.575 e. The second-order valence-corrected chi connectivity index (χ2v) is 9.38. The normalized spacial score (nSPS) is 21.8. The average Bonchev–Trinajstić information content (AvgIpc) is 3.00. The van der Waals surface area contributed by atoms with Crippen molar-refractivity contribution in [1.29, 1.82) is 0 Å². The van der Waals surface area contributed by atoms with Crippen molar-refractivity contribution >= 4 is 12.1 Å². The van der Waals surface area contributed by atoms with E-state index in [1.165, 1.54) is 0 Å². The SMILES string of the molecule is CC1(C)OC(=O)C(C2(Cc3ccccc3)CCCN(C(=O)OCc3ccccc3)CC2)=C([O-])O1.[Na+]. The van der Waals surface area contributed by atoms with E-state index >= 15 is 0 Å². The molecule has 2 aliphatic rings. The maximum Gasteiger partial charge on any atom is 1.00 e. The molecule has 0 saturated carbocycles. The Balaban J connectivity index is 0.00000342. The van der Waals surface area contributed by atoms with Gasteiger partial charge in [-0.2, -0.15) is 0 Å². The Morgan fingerprint density at radius 1 is 0.971 bits per heavy atom. The molecule has 35 heavy (non-hydrogen) atoms. The van der Waals surface area contributed by atoms with Crippen molar-refractivity contribution < 1.29 is 58.5 Å². The van der Waals surface area contributed by atoms with Gasteiger partial charge in [0.05, 0.1) is 11.5 Å². The number of rotatable bonds is 5. The van der Waals surface area contributed by atoms with Crippen LogP contribution in [0.2, 0.25) is 0 Å². The van der Waals surface area contributed by atoms with E-state index < -0.39 is 29.2 Å². The number of nitrogens with zero attached hydrogens (tertiary/aromatic N) is 1. The van der Waals surface area contributed by atoms with Crippen LogP contribution < -0.4 is 34.7 Å². The van der Waals surface area contributed by atoms with E-state index in [9.17, 15) is 14.7 Å². The molecule has 0 spiro atoms. The van der Waals surface area contributed by atoms with Gasteiger partial charge in [-0.3, -0.25) is 0 Å². The molecule has 2 heterocycles. The standard InChI is InChI=1S/C27H31NO6.Na/c1-26(2)33-23(29)22(24(30)34-26)27(18-20-10-5-3-6-11-20)14-9-16-28(17-15-27)25(31)32-19-21-12-7-4-8-13-21;/h3-8,10-13,29H,9,14-19H2,1-2H3;/q;+1/p-1. The summed E-state index contributed by atoms with van der Waals surface area (Å²) in [5.41, 5.74) is 1.14. The third-order valence-electron chi connectivity index (χ3n) is 6.41. The molecule has 7 nitrogen and oxygen atoms in total. The molecule has 0 aromatic heterocycles. The number of likely N-dealkylation sites (tertiary alicyclic amines) is 1. The molecule has 2 aromatic carbocycles. The van der Waals surface area contributed by atoms with Crippen LogP contribution in [-0.4, -0.2) is 35.8 Å². The first-order valence-corrected chi connectivity index (χ1v) is 11.6. The van der Waals surface area contributed by atoms with Gasteiger partial charge >= 0.3 is 41.6 Å². The number of cyclic esters (lactones) is 1. The second-order valence-electron chi connectivity index (χ2n) is 9.38. The van der Waals surface area contributed by atoms with Crippen LogP contribution in [0.4, 0.5) is 4.79 Å². The summed E-state index contributed by atoms with van der Waals surface area (Å²) in [6, 6.07) is 19.2. The number of carbonyl (C=O) groups is 2. The fourth-order valence-corrected chi connectivity index (χ4v) is 4.77. The zero-order valence-electron chi connectivity index (χ0n) is 20.6. The third kappa shape index (κ3) is 6.60. The molecular weight excluding hydrogens is 457 g/mol.